The van der Waals surface area contributed by atoms with Crippen LogP contribution in [0.5, 0.6) is 0 Å². The summed E-state index contributed by atoms with van der Waals surface area (Å²) in [6, 6.07) is 3.28. The molecule has 0 saturated heterocycles. The van der Waals surface area contributed by atoms with Crippen molar-refractivity contribution < 1.29 is 10.2 Å². The maximum Gasteiger partial charge on any atom is 0.106 e. The number of hydrogen-bond donors (Lipinski definition) is 4. The molecule has 0 heterocycles. The van der Waals surface area contributed by atoms with Gasteiger partial charge in [0.1, 0.15) is 6.10 Å². The fourth-order valence-corrected chi connectivity index (χ4v) is 1.77. The molecule has 0 amide bonds. The number of aliphatic hydroxyl groups excluding tert-OH is 2. The topological polar surface area (TPSA) is 92.5 Å². The van der Waals surface area contributed by atoms with Crippen LogP contribution in [0.4, 0.5) is 5.69 Å². The van der Waals surface area contributed by atoms with Crippen molar-refractivity contribution in [3.05, 3.63) is 28.3 Å². The Morgan fingerprint density at radius 2 is 2.00 bits per heavy atom. The molecule has 0 fully saturated rings. The second kappa shape index (κ2) is 5.50. The van der Waals surface area contributed by atoms with E-state index in [2.05, 4.69) is 0 Å². The van der Waals surface area contributed by atoms with Gasteiger partial charge in [-0.3, -0.25) is 0 Å². The first kappa shape index (κ1) is 13.3. The van der Waals surface area contributed by atoms with Gasteiger partial charge >= 0.3 is 0 Å². The number of hydrogen-bond acceptors (Lipinski definition) is 4. The monoisotopic (exact) mass is 244 g/mol. The Kier molecular flexibility index (Phi) is 4.56. The highest BCUT2D eigenvalue weighted by Gasteiger charge is 2.21. The molecule has 0 radical (unpaired) electrons. The average molecular weight is 245 g/mol. The lowest BCUT2D eigenvalue weighted by molar-refractivity contribution is 0.0150. The van der Waals surface area contributed by atoms with E-state index in [1.54, 1.807) is 19.1 Å². The summed E-state index contributed by atoms with van der Waals surface area (Å²) < 4.78 is 0. The molecule has 6 N–H and O–H groups in total. The quantitative estimate of drug-likeness (QED) is 0.594. The number of nitrogens with two attached hydrogens (primary N) is 2. The van der Waals surface area contributed by atoms with E-state index in [1.807, 2.05) is 0 Å². The molecular formula is C11H17ClN2O2. The third kappa shape index (κ3) is 2.65. The summed E-state index contributed by atoms with van der Waals surface area (Å²) in [7, 11) is 0. The first-order chi connectivity index (χ1) is 7.49. The molecule has 16 heavy (non-hydrogen) atoms. The maximum atomic E-state index is 9.89. The van der Waals surface area contributed by atoms with Gasteiger partial charge < -0.3 is 21.7 Å². The lowest BCUT2D eigenvalue weighted by atomic mass is 9.99. The molecule has 2 unspecified atom stereocenters. The number of rotatable bonds is 4. The van der Waals surface area contributed by atoms with Crippen LogP contribution in [0.3, 0.4) is 0 Å². The summed E-state index contributed by atoms with van der Waals surface area (Å²) in [5, 5.41) is 19.9. The van der Waals surface area contributed by atoms with Crippen molar-refractivity contribution in [2.45, 2.75) is 25.6 Å². The molecule has 5 heteroatoms. The van der Waals surface area contributed by atoms with Gasteiger partial charge in [-0.2, -0.15) is 0 Å². The predicted molar refractivity (Wildman–Crippen MR) is 65.2 cm³/mol. The second-order valence-corrected chi connectivity index (χ2v) is 4.15. The van der Waals surface area contributed by atoms with E-state index >= 15 is 0 Å². The number of benzene rings is 1. The van der Waals surface area contributed by atoms with Crippen molar-refractivity contribution in [3.63, 3.8) is 0 Å². The van der Waals surface area contributed by atoms with E-state index in [0.29, 0.717) is 34.8 Å². The zero-order chi connectivity index (χ0) is 12.3. The Labute approximate surface area is 99.8 Å². The van der Waals surface area contributed by atoms with Gasteiger partial charge in [-0.05, 0) is 31.5 Å². The van der Waals surface area contributed by atoms with Crippen molar-refractivity contribution >= 4 is 17.3 Å². The Bertz CT molecular complexity index is 371. The van der Waals surface area contributed by atoms with E-state index in [-0.39, 0.29) is 0 Å². The molecular weight excluding hydrogens is 228 g/mol. The van der Waals surface area contributed by atoms with Crippen LogP contribution in [0, 0.1) is 6.92 Å². The van der Waals surface area contributed by atoms with Crippen LogP contribution < -0.4 is 11.5 Å². The van der Waals surface area contributed by atoms with Gasteiger partial charge in [-0.1, -0.05) is 17.7 Å². The molecule has 0 bridgehead atoms. The van der Waals surface area contributed by atoms with Gasteiger partial charge in [0.05, 0.1) is 11.1 Å². The third-order valence-electron chi connectivity index (χ3n) is 2.60. The molecule has 90 valence electrons. The summed E-state index contributed by atoms with van der Waals surface area (Å²) >= 11 is 6.06. The first-order valence-electron chi connectivity index (χ1n) is 5.09. The minimum Gasteiger partial charge on any atom is -0.398 e. The van der Waals surface area contributed by atoms with Crippen molar-refractivity contribution in [3.8, 4) is 0 Å². The minimum absolute atomic E-state index is 0.309. The zero-order valence-corrected chi connectivity index (χ0v) is 9.91. The maximum absolute atomic E-state index is 9.89. The van der Waals surface area contributed by atoms with Crippen LogP contribution in [0.25, 0.3) is 0 Å². The fourth-order valence-electron chi connectivity index (χ4n) is 1.49. The summed E-state index contributed by atoms with van der Waals surface area (Å²) in [6.07, 6.45) is -1.62. The lowest BCUT2D eigenvalue weighted by Crippen LogP contribution is -2.22. The summed E-state index contributed by atoms with van der Waals surface area (Å²) in [5.41, 5.74) is 12.7. The molecule has 0 aliphatic rings. The largest absolute Gasteiger partial charge is 0.398 e. The van der Waals surface area contributed by atoms with E-state index in [4.69, 9.17) is 23.1 Å². The minimum atomic E-state index is -1.03. The van der Waals surface area contributed by atoms with Crippen LogP contribution in [0.2, 0.25) is 5.02 Å². The van der Waals surface area contributed by atoms with Crippen molar-refractivity contribution in [2.75, 3.05) is 12.3 Å². The molecule has 1 aromatic carbocycles. The van der Waals surface area contributed by atoms with Crippen LogP contribution in [-0.4, -0.2) is 22.9 Å². The normalized spacial score (nSPS) is 14.8. The molecule has 2 atom stereocenters. The standard InChI is InChI=1S/C11H17ClN2O2/c1-6-8(14)3-2-7(10(6)12)11(16)9(15)4-5-13/h2-3,9,11,15-16H,4-5,13-14H2,1H3. The van der Waals surface area contributed by atoms with Crippen LogP contribution in [-0.2, 0) is 0 Å². The van der Waals surface area contributed by atoms with Gasteiger partial charge in [-0.15, -0.1) is 0 Å². The highest BCUT2D eigenvalue weighted by Crippen LogP contribution is 2.31. The van der Waals surface area contributed by atoms with E-state index < -0.39 is 12.2 Å². The lowest BCUT2D eigenvalue weighted by Gasteiger charge is -2.20. The van der Waals surface area contributed by atoms with Crippen molar-refractivity contribution in [1.82, 2.24) is 0 Å². The van der Waals surface area contributed by atoms with Gasteiger partial charge in [0.15, 0.2) is 0 Å². The first-order valence-corrected chi connectivity index (χ1v) is 5.47. The fraction of sp³-hybridized carbons (Fsp3) is 0.455. The SMILES string of the molecule is Cc1c(N)ccc(C(O)C(O)CCN)c1Cl. The highest BCUT2D eigenvalue weighted by molar-refractivity contribution is 6.32. The van der Waals surface area contributed by atoms with Gasteiger partial charge in [0.25, 0.3) is 0 Å². The Balaban J connectivity index is 3.00. The molecule has 0 spiro atoms. The van der Waals surface area contributed by atoms with Gasteiger partial charge in [0.2, 0.25) is 0 Å². The van der Waals surface area contributed by atoms with E-state index in [0.717, 1.165) is 0 Å². The van der Waals surface area contributed by atoms with Gasteiger partial charge in [-0.25, -0.2) is 0 Å². The number of anilines is 1. The number of nitrogen functional groups attached to an aromatic ring is 1. The summed E-state index contributed by atoms with van der Waals surface area (Å²) in [4.78, 5) is 0. The molecule has 1 rings (SSSR count). The average Bonchev–Trinajstić information content (AvgIpc) is 2.26. The molecule has 0 aliphatic heterocycles. The molecule has 4 nitrogen and oxygen atoms in total. The number of halogens is 1. The van der Waals surface area contributed by atoms with Crippen LogP contribution in [0.15, 0.2) is 12.1 Å². The van der Waals surface area contributed by atoms with Crippen molar-refractivity contribution in [2.24, 2.45) is 5.73 Å². The molecule has 1 aromatic rings. The Hall–Kier alpha value is -0.810. The Morgan fingerprint density at radius 1 is 1.38 bits per heavy atom. The molecule has 0 aromatic heterocycles. The predicted octanol–water partition coefficient (Wildman–Crippen LogP) is 0.974. The van der Waals surface area contributed by atoms with Crippen LogP contribution in [0.1, 0.15) is 23.7 Å². The highest BCUT2D eigenvalue weighted by atomic mass is 35.5. The smallest absolute Gasteiger partial charge is 0.106 e. The third-order valence-corrected chi connectivity index (χ3v) is 3.11. The molecule has 0 aliphatic carbocycles. The van der Waals surface area contributed by atoms with Crippen molar-refractivity contribution in [1.29, 1.82) is 0 Å². The second-order valence-electron chi connectivity index (χ2n) is 3.77. The van der Waals surface area contributed by atoms with Crippen LogP contribution >= 0.6 is 11.6 Å². The summed E-state index contributed by atoms with van der Waals surface area (Å²) in [5.74, 6) is 0. The number of aliphatic hydroxyl groups is 2. The molecule has 0 saturated carbocycles. The van der Waals surface area contributed by atoms with E-state index in [9.17, 15) is 10.2 Å². The zero-order valence-electron chi connectivity index (χ0n) is 9.15. The Morgan fingerprint density at radius 3 is 2.56 bits per heavy atom. The summed E-state index contributed by atoms with van der Waals surface area (Å²) in [6.45, 7) is 2.08. The van der Waals surface area contributed by atoms with E-state index in [1.165, 1.54) is 0 Å². The van der Waals surface area contributed by atoms with Gasteiger partial charge in [0, 0.05) is 11.3 Å².